The molecule has 104 valence electrons. The third-order valence-electron chi connectivity index (χ3n) is 2.89. The maximum atomic E-state index is 13.6. The van der Waals surface area contributed by atoms with Crippen LogP contribution in [0.15, 0.2) is 18.2 Å². The van der Waals surface area contributed by atoms with Crippen molar-refractivity contribution in [2.45, 2.75) is 13.8 Å². The summed E-state index contributed by atoms with van der Waals surface area (Å²) in [7, 11) is 0. The van der Waals surface area contributed by atoms with Gasteiger partial charge >= 0.3 is 0 Å². The van der Waals surface area contributed by atoms with Gasteiger partial charge in [0.2, 0.25) is 0 Å². The predicted molar refractivity (Wildman–Crippen MR) is 69.1 cm³/mol. The number of H-pyrrole nitrogens is 1. The van der Waals surface area contributed by atoms with Crippen LogP contribution in [-0.4, -0.2) is 21.0 Å². The minimum absolute atomic E-state index is 0.262. The van der Waals surface area contributed by atoms with Gasteiger partial charge in [-0.25, -0.2) is 4.39 Å². The van der Waals surface area contributed by atoms with E-state index in [0.29, 0.717) is 5.56 Å². The normalized spacial score (nSPS) is 10.3. The lowest BCUT2D eigenvalue weighted by Crippen LogP contribution is -2.15. The van der Waals surface area contributed by atoms with Gasteiger partial charge in [-0.2, -0.15) is 5.10 Å². The zero-order chi connectivity index (χ0) is 14.9. The summed E-state index contributed by atoms with van der Waals surface area (Å²) < 4.78 is 13.6. The topological polar surface area (TPSA) is 101 Å². The van der Waals surface area contributed by atoms with Crippen molar-refractivity contribution in [3.63, 3.8) is 0 Å². The minimum atomic E-state index is -0.835. The van der Waals surface area contributed by atoms with Gasteiger partial charge < -0.3 is 5.32 Å². The van der Waals surface area contributed by atoms with E-state index in [1.54, 1.807) is 13.8 Å². The molecule has 0 saturated carbocycles. The first-order chi connectivity index (χ1) is 9.40. The number of nitro groups is 1. The van der Waals surface area contributed by atoms with Crippen molar-refractivity contribution in [2.75, 3.05) is 5.32 Å². The molecule has 0 aliphatic rings. The van der Waals surface area contributed by atoms with Gasteiger partial charge in [0, 0.05) is 23.4 Å². The number of anilines is 1. The number of aromatic nitrogens is 2. The van der Waals surface area contributed by atoms with Crippen LogP contribution in [-0.2, 0) is 0 Å². The molecule has 0 radical (unpaired) electrons. The minimum Gasteiger partial charge on any atom is -0.305 e. The molecule has 0 aliphatic heterocycles. The van der Waals surface area contributed by atoms with E-state index < -0.39 is 22.2 Å². The number of aryl methyl sites for hydroxylation is 1. The van der Waals surface area contributed by atoms with Gasteiger partial charge in [-0.3, -0.25) is 20.0 Å². The number of carbonyl (C=O) groups excluding carboxylic acids is 1. The Hall–Kier alpha value is -2.77. The van der Waals surface area contributed by atoms with Crippen molar-refractivity contribution in [3.8, 4) is 0 Å². The highest BCUT2D eigenvalue weighted by atomic mass is 19.1. The standard InChI is InChI=1S/C12H11FN4O3/c1-6-7(2)15-16-11(6)14-12(18)9-5-8(17(19)20)3-4-10(9)13/h3-5H,1-2H3,(H2,14,15,16,18). The third-order valence-corrected chi connectivity index (χ3v) is 2.89. The molecule has 2 rings (SSSR count). The summed E-state index contributed by atoms with van der Waals surface area (Å²) in [6.45, 7) is 3.50. The monoisotopic (exact) mass is 278 g/mol. The van der Waals surface area contributed by atoms with Crippen molar-refractivity contribution in [3.05, 3.63) is 51.0 Å². The highest BCUT2D eigenvalue weighted by molar-refractivity contribution is 6.04. The molecular weight excluding hydrogens is 267 g/mol. The Kier molecular flexibility index (Phi) is 3.47. The molecule has 1 heterocycles. The molecule has 8 heteroatoms. The highest BCUT2D eigenvalue weighted by Gasteiger charge is 2.18. The van der Waals surface area contributed by atoms with Gasteiger partial charge in [0.25, 0.3) is 11.6 Å². The van der Waals surface area contributed by atoms with E-state index in [9.17, 15) is 19.3 Å². The second kappa shape index (κ2) is 5.08. The number of aromatic amines is 1. The average Bonchev–Trinajstić information content (AvgIpc) is 2.71. The van der Waals surface area contributed by atoms with Crippen molar-refractivity contribution < 1.29 is 14.1 Å². The maximum Gasteiger partial charge on any atom is 0.270 e. The molecule has 1 aromatic carbocycles. The number of nitro benzene ring substituents is 1. The number of hydrogen-bond donors (Lipinski definition) is 2. The Balaban J connectivity index is 2.31. The van der Waals surface area contributed by atoms with E-state index in [1.807, 2.05) is 0 Å². The molecule has 2 N–H and O–H groups in total. The van der Waals surface area contributed by atoms with Gasteiger partial charge in [-0.05, 0) is 19.9 Å². The second-order valence-electron chi connectivity index (χ2n) is 4.20. The Morgan fingerprint density at radius 1 is 1.45 bits per heavy atom. The summed E-state index contributed by atoms with van der Waals surface area (Å²) in [5, 5.41) is 19.6. The van der Waals surface area contributed by atoms with Gasteiger partial charge in [0.05, 0.1) is 10.5 Å². The zero-order valence-electron chi connectivity index (χ0n) is 10.7. The molecule has 20 heavy (non-hydrogen) atoms. The van der Waals surface area contributed by atoms with Gasteiger partial charge in [0.1, 0.15) is 5.82 Å². The fourth-order valence-electron chi connectivity index (χ4n) is 1.58. The summed E-state index contributed by atoms with van der Waals surface area (Å²) >= 11 is 0. The van der Waals surface area contributed by atoms with Gasteiger partial charge in [0.15, 0.2) is 5.82 Å². The Morgan fingerprint density at radius 3 is 2.70 bits per heavy atom. The first-order valence-electron chi connectivity index (χ1n) is 5.67. The fourth-order valence-corrected chi connectivity index (χ4v) is 1.58. The summed E-state index contributed by atoms with van der Waals surface area (Å²) in [6.07, 6.45) is 0. The highest BCUT2D eigenvalue weighted by Crippen LogP contribution is 2.19. The van der Waals surface area contributed by atoms with Gasteiger partial charge in [-0.1, -0.05) is 0 Å². The molecule has 1 amide bonds. The van der Waals surface area contributed by atoms with Crippen LogP contribution >= 0.6 is 0 Å². The Morgan fingerprint density at radius 2 is 2.15 bits per heavy atom. The number of benzene rings is 1. The zero-order valence-corrected chi connectivity index (χ0v) is 10.7. The molecular formula is C12H11FN4O3. The van der Waals surface area contributed by atoms with Crippen LogP contribution in [0, 0.1) is 29.8 Å². The van der Waals surface area contributed by atoms with Crippen molar-refractivity contribution >= 4 is 17.4 Å². The molecule has 0 spiro atoms. The molecule has 7 nitrogen and oxygen atoms in total. The van der Waals surface area contributed by atoms with Crippen LogP contribution in [0.3, 0.4) is 0 Å². The van der Waals surface area contributed by atoms with E-state index in [2.05, 4.69) is 15.5 Å². The van der Waals surface area contributed by atoms with E-state index >= 15 is 0 Å². The molecule has 0 saturated heterocycles. The van der Waals surface area contributed by atoms with Crippen molar-refractivity contribution in [1.29, 1.82) is 0 Å². The van der Waals surface area contributed by atoms with Crippen LogP contribution in [0.5, 0.6) is 0 Å². The van der Waals surface area contributed by atoms with Crippen LogP contribution in [0.2, 0.25) is 0 Å². The average molecular weight is 278 g/mol. The Bertz CT molecular complexity index is 696. The number of nitrogens with one attached hydrogen (secondary N) is 2. The first-order valence-corrected chi connectivity index (χ1v) is 5.67. The smallest absolute Gasteiger partial charge is 0.270 e. The lowest BCUT2D eigenvalue weighted by Gasteiger charge is -2.04. The third kappa shape index (κ3) is 2.48. The predicted octanol–water partition coefficient (Wildman–Crippen LogP) is 2.33. The first kappa shape index (κ1) is 13.7. The Labute approximate surface area is 113 Å². The summed E-state index contributed by atoms with van der Waals surface area (Å²) in [6, 6.07) is 2.77. The number of hydrogen-bond acceptors (Lipinski definition) is 4. The van der Waals surface area contributed by atoms with E-state index in [1.165, 1.54) is 0 Å². The van der Waals surface area contributed by atoms with E-state index in [0.717, 1.165) is 23.9 Å². The fraction of sp³-hybridized carbons (Fsp3) is 0.167. The number of nitrogens with zero attached hydrogens (tertiary/aromatic N) is 2. The quantitative estimate of drug-likeness (QED) is 0.664. The molecule has 0 aliphatic carbocycles. The molecule has 1 aromatic heterocycles. The second-order valence-corrected chi connectivity index (χ2v) is 4.20. The number of halogens is 1. The maximum absolute atomic E-state index is 13.6. The molecule has 2 aromatic rings. The molecule has 0 atom stereocenters. The molecule has 0 unspecified atom stereocenters. The van der Waals surface area contributed by atoms with Crippen LogP contribution < -0.4 is 5.32 Å². The summed E-state index contributed by atoms with van der Waals surface area (Å²) in [5.41, 5.74) is 0.717. The number of rotatable bonds is 3. The molecule has 0 fully saturated rings. The van der Waals surface area contributed by atoms with E-state index in [-0.39, 0.29) is 11.5 Å². The van der Waals surface area contributed by atoms with Crippen molar-refractivity contribution in [2.24, 2.45) is 0 Å². The van der Waals surface area contributed by atoms with Crippen LogP contribution in [0.25, 0.3) is 0 Å². The largest absolute Gasteiger partial charge is 0.305 e. The molecule has 0 bridgehead atoms. The lowest BCUT2D eigenvalue weighted by atomic mass is 10.1. The van der Waals surface area contributed by atoms with E-state index in [4.69, 9.17) is 0 Å². The number of non-ortho nitro benzene ring substituents is 1. The lowest BCUT2D eigenvalue weighted by molar-refractivity contribution is -0.384. The van der Waals surface area contributed by atoms with Crippen LogP contribution in [0.4, 0.5) is 15.9 Å². The van der Waals surface area contributed by atoms with Crippen LogP contribution in [0.1, 0.15) is 21.6 Å². The SMILES string of the molecule is Cc1[nH]nc(NC(=O)c2cc([N+](=O)[O-])ccc2F)c1C. The number of amides is 1. The van der Waals surface area contributed by atoms with Gasteiger partial charge in [-0.15, -0.1) is 0 Å². The summed E-state index contributed by atoms with van der Waals surface area (Å²) in [4.78, 5) is 21.9. The number of carbonyl (C=O) groups is 1. The van der Waals surface area contributed by atoms with Crippen molar-refractivity contribution in [1.82, 2.24) is 10.2 Å². The summed E-state index contributed by atoms with van der Waals surface area (Å²) in [5.74, 6) is -1.36.